The van der Waals surface area contributed by atoms with E-state index in [9.17, 15) is 0 Å². The first kappa shape index (κ1) is 16.9. The molecule has 20 heavy (non-hydrogen) atoms. The van der Waals surface area contributed by atoms with Gasteiger partial charge in [0.25, 0.3) is 0 Å². The van der Waals surface area contributed by atoms with E-state index in [1.807, 2.05) is 18.2 Å². The van der Waals surface area contributed by atoms with Gasteiger partial charge in [0.05, 0.1) is 12.2 Å². The predicted molar refractivity (Wildman–Crippen MR) is 88.2 cm³/mol. The Bertz CT molecular complexity index is 449. The zero-order valence-electron chi connectivity index (χ0n) is 12.8. The molecule has 0 amide bonds. The van der Waals surface area contributed by atoms with Gasteiger partial charge in [-0.15, -0.1) is 11.8 Å². The fraction of sp³-hybridized carbons (Fsp3) is 0.533. The van der Waals surface area contributed by atoms with Gasteiger partial charge in [-0.25, -0.2) is 0 Å². The van der Waals surface area contributed by atoms with Crippen molar-refractivity contribution in [1.82, 2.24) is 0 Å². The first-order valence-electron chi connectivity index (χ1n) is 6.88. The zero-order valence-corrected chi connectivity index (χ0v) is 13.6. The topological polar surface area (TPSA) is 62.3 Å². The minimum absolute atomic E-state index is 0.125. The molecule has 0 atom stereocenters. The van der Waals surface area contributed by atoms with Crippen molar-refractivity contribution >= 4 is 23.3 Å². The first-order chi connectivity index (χ1) is 9.52. The smallest absolute Gasteiger partial charge is 0.126 e. The van der Waals surface area contributed by atoms with Crippen molar-refractivity contribution in [2.24, 2.45) is 5.73 Å². The molecule has 0 fully saturated rings. The summed E-state index contributed by atoms with van der Waals surface area (Å²) < 4.78 is 5.19. The summed E-state index contributed by atoms with van der Waals surface area (Å²) in [6, 6.07) is 6.42. The normalized spacial score (nSPS) is 10.8. The van der Waals surface area contributed by atoms with E-state index in [0.717, 1.165) is 28.4 Å². The number of amidine groups is 1. The highest BCUT2D eigenvalue weighted by Crippen LogP contribution is 2.31. The maximum absolute atomic E-state index is 7.91. The molecular formula is C15H25N3OS. The quantitative estimate of drug-likeness (QED) is 0.440. The molecule has 4 nitrogen and oxygen atoms in total. The lowest BCUT2D eigenvalue weighted by molar-refractivity contribution is 0.204. The minimum Gasteiger partial charge on any atom is -0.384 e. The number of thioether (sulfide) groups is 1. The second kappa shape index (κ2) is 8.17. The van der Waals surface area contributed by atoms with Gasteiger partial charge in [0, 0.05) is 30.3 Å². The van der Waals surface area contributed by atoms with Crippen molar-refractivity contribution in [3.63, 3.8) is 0 Å². The fourth-order valence-corrected chi connectivity index (χ4v) is 3.00. The molecule has 0 saturated heterocycles. The molecule has 5 heteroatoms. The molecule has 1 rings (SSSR count). The summed E-state index contributed by atoms with van der Waals surface area (Å²) >= 11 is 1.72. The Morgan fingerprint density at radius 2 is 2.15 bits per heavy atom. The third kappa shape index (κ3) is 4.15. The number of nitrogens with zero attached hydrogens (tertiary/aromatic N) is 1. The van der Waals surface area contributed by atoms with E-state index in [1.54, 1.807) is 18.9 Å². The lowest BCUT2D eigenvalue weighted by Crippen LogP contribution is -2.35. The molecule has 0 aromatic heterocycles. The number of anilines is 1. The summed E-state index contributed by atoms with van der Waals surface area (Å²) in [7, 11) is 1.70. The number of hydrogen-bond acceptors (Lipinski definition) is 4. The molecule has 0 spiro atoms. The molecule has 112 valence electrons. The number of benzene rings is 1. The average molecular weight is 295 g/mol. The van der Waals surface area contributed by atoms with Crippen LogP contribution in [0, 0.1) is 5.41 Å². The van der Waals surface area contributed by atoms with Crippen molar-refractivity contribution < 1.29 is 4.74 Å². The lowest BCUT2D eigenvalue weighted by Gasteiger charge is -2.31. The molecule has 0 aliphatic heterocycles. The maximum atomic E-state index is 7.91. The second-order valence-corrected chi connectivity index (χ2v) is 6.08. The van der Waals surface area contributed by atoms with E-state index < -0.39 is 0 Å². The molecule has 0 aliphatic rings. The largest absolute Gasteiger partial charge is 0.384 e. The molecule has 0 saturated carbocycles. The number of hydrogen-bond donors (Lipinski definition) is 2. The van der Waals surface area contributed by atoms with Gasteiger partial charge in [0.2, 0.25) is 0 Å². The SMILES string of the molecule is CCSc1cccc(N(CCOC)C(C)C)c1C(=N)N. The third-order valence-corrected chi connectivity index (χ3v) is 3.98. The number of rotatable bonds is 8. The average Bonchev–Trinajstić information content (AvgIpc) is 2.39. The standard InChI is InChI=1S/C15H25N3OS/c1-5-20-13-8-6-7-12(14(13)15(16)17)18(11(2)3)9-10-19-4/h6-8,11H,5,9-10H2,1-4H3,(H3,16,17). The van der Waals surface area contributed by atoms with E-state index in [0.29, 0.717) is 12.6 Å². The second-order valence-electron chi connectivity index (χ2n) is 4.78. The Balaban J connectivity index is 3.25. The number of nitrogen functional groups attached to an aromatic ring is 1. The molecule has 0 bridgehead atoms. The molecule has 1 aromatic carbocycles. The molecule has 0 heterocycles. The Morgan fingerprint density at radius 1 is 1.45 bits per heavy atom. The zero-order chi connectivity index (χ0) is 15.1. The van der Waals surface area contributed by atoms with Gasteiger partial charge >= 0.3 is 0 Å². The van der Waals surface area contributed by atoms with Gasteiger partial charge < -0.3 is 15.4 Å². The molecule has 0 radical (unpaired) electrons. The number of nitrogens with two attached hydrogens (primary N) is 1. The van der Waals surface area contributed by atoms with Crippen LogP contribution in [0.3, 0.4) is 0 Å². The van der Waals surface area contributed by atoms with Gasteiger partial charge in [-0.1, -0.05) is 13.0 Å². The highest BCUT2D eigenvalue weighted by Gasteiger charge is 2.18. The Morgan fingerprint density at radius 3 is 2.65 bits per heavy atom. The van der Waals surface area contributed by atoms with Crippen molar-refractivity contribution in [2.45, 2.75) is 31.7 Å². The Labute approximate surface area is 126 Å². The first-order valence-corrected chi connectivity index (χ1v) is 7.87. The third-order valence-electron chi connectivity index (χ3n) is 3.04. The van der Waals surface area contributed by atoms with Crippen molar-refractivity contribution in [2.75, 3.05) is 30.9 Å². The molecule has 1 aromatic rings. The summed E-state index contributed by atoms with van der Waals surface area (Å²) in [5.41, 5.74) is 7.68. The van der Waals surface area contributed by atoms with Crippen molar-refractivity contribution in [3.8, 4) is 0 Å². The summed E-state index contributed by atoms with van der Waals surface area (Å²) in [6.07, 6.45) is 0. The van der Waals surface area contributed by atoms with Crippen molar-refractivity contribution in [1.29, 1.82) is 5.41 Å². The molecule has 0 aliphatic carbocycles. The number of nitrogens with one attached hydrogen (secondary N) is 1. The predicted octanol–water partition coefficient (Wildman–Crippen LogP) is 2.94. The van der Waals surface area contributed by atoms with Crippen LogP contribution in [0.5, 0.6) is 0 Å². The van der Waals surface area contributed by atoms with Crippen LogP contribution in [0.4, 0.5) is 5.69 Å². The van der Waals surface area contributed by atoms with Gasteiger partial charge in [-0.05, 0) is 31.7 Å². The molecule has 0 unspecified atom stereocenters. The van der Waals surface area contributed by atoms with Crippen LogP contribution in [-0.4, -0.2) is 37.9 Å². The van der Waals surface area contributed by atoms with Crippen LogP contribution in [0.15, 0.2) is 23.1 Å². The summed E-state index contributed by atoms with van der Waals surface area (Å²) in [5.74, 6) is 1.09. The number of ether oxygens (including phenoxy) is 1. The highest BCUT2D eigenvalue weighted by molar-refractivity contribution is 7.99. The van der Waals surface area contributed by atoms with E-state index in [4.69, 9.17) is 15.9 Å². The van der Waals surface area contributed by atoms with E-state index >= 15 is 0 Å². The van der Waals surface area contributed by atoms with Crippen LogP contribution in [-0.2, 0) is 4.74 Å². The summed E-state index contributed by atoms with van der Waals surface area (Å²) in [5, 5.41) is 7.91. The number of methoxy groups -OCH3 is 1. The van der Waals surface area contributed by atoms with Gasteiger partial charge in [-0.2, -0.15) is 0 Å². The van der Waals surface area contributed by atoms with Gasteiger partial charge in [0.1, 0.15) is 5.84 Å². The minimum atomic E-state index is 0.125. The van der Waals surface area contributed by atoms with E-state index in [-0.39, 0.29) is 5.84 Å². The maximum Gasteiger partial charge on any atom is 0.126 e. The van der Waals surface area contributed by atoms with Gasteiger partial charge in [-0.3, -0.25) is 5.41 Å². The van der Waals surface area contributed by atoms with Crippen molar-refractivity contribution in [3.05, 3.63) is 23.8 Å². The van der Waals surface area contributed by atoms with Crippen LogP contribution in [0.25, 0.3) is 0 Å². The molecule has 3 N–H and O–H groups in total. The Hall–Kier alpha value is -1.20. The highest BCUT2D eigenvalue weighted by atomic mass is 32.2. The van der Waals surface area contributed by atoms with E-state index in [1.165, 1.54) is 0 Å². The Kier molecular flexibility index (Phi) is 6.88. The summed E-state index contributed by atoms with van der Waals surface area (Å²) in [4.78, 5) is 3.31. The monoisotopic (exact) mass is 295 g/mol. The van der Waals surface area contributed by atoms with Crippen LogP contribution < -0.4 is 10.6 Å². The fourth-order valence-electron chi connectivity index (χ4n) is 2.15. The van der Waals surface area contributed by atoms with E-state index in [2.05, 4.69) is 25.7 Å². The molecular weight excluding hydrogens is 270 g/mol. The van der Waals surface area contributed by atoms with Gasteiger partial charge in [0.15, 0.2) is 0 Å². The van der Waals surface area contributed by atoms with Crippen LogP contribution in [0.1, 0.15) is 26.3 Å². The van der Waals surface area contributed by atoms with Crippen LogP contribution in [0.2, 0.25) is 0 Å². The van der Waals surface area contributed by atoms with Crippen LogP contribution >= 0.6 is 11.8 Å². The lowest BCUT2D eigenvalue weighted by atomic mass is 10.1. The summed E-state index contributed by atoms with van der Waals surface area (Å²) in [6.45, 7) is 7.82.